The number of hydrogen-bond donors (Lipinski definition) is 3. The third-order valence-electron chi connectivity index (χ3n) is 3.70. The summed E-state index contributed by atoms with van der Waals surface area (Å²) in [5.74, 6) is -2.57. The van der Waals surface area contributed by atoms with Crippen molar-refractivity contribution in [1.82, 2.24) is 9.97 Å². The number of aliphatic hydroxyl groups is 1. The Hall–Kier alpha value is -3.47. The van der Waals surface area contributed by atoms with Crippen molar-refractivity contribution in [1.29, 1.82) is 0 Å². The first-order valence-electron chi connectivity index (χ1n) is 8.56. The largest absolute Gasteiger partial charge is 0.573 e. The van der Waals surface area contributed by atoms with Crippen molar-refractivity contribution in [2.75, 3.05) is 23.8 Å². The molecule has 1 heterocycles. The molecule has 0 aliphatic carbocycles. The molecule has 0 saturated heterocycles. The maximum absolute atomic E-state index is 14.0. The molecule has 1 aromatic heterocycles. The molecule has 0 atom stereocenters. The highest BCUT2D eigenvalue weighted by atomic mass is 19.4. The van der Waals surface area contributed by atoms with Crippen LogP contribution in [0.25, 0.3) is 11.3 Å². The molecule has 0 aliphatic heterocycles. The first-order valence-corrected chi connectivity index (χ1v) is 8.56. The summed E-state index contributed by atoms with van der Waals surface area (Å²) in [4.78, 5) is 8.28. The number of nitrogens with one attached hydrogen (secondary N) is 2. The normalized spacial score (nSPS) is 11.3. The fourth-order valence-corrected chi connectivity index (χ4v) is 2.50. The monoisotopic (exact) mass is 426 g/mol. The highest BCUT2D eigenvalue weighted by Gasteiger charge is 2.31. The zero-order valence-corrected chi connectivity index (χ0v) is 15.2. The summed E-state index contributed by atoms with van der Waals surface area (Å²) in [6.45, 7) is -0.141. The smallest absolute Gasteiger partial charge is 0.406 e. The number of ether oxygens (including phenoxy) is 1. The van der Waals surface area contributed by atoms with E-state index in [2.05, 4.69) is 25.3 Å². The molecule has 3 N–H and O–H groups in total. The van der Waals surface area contributed by atoms with Gasteiger partial charge in [0, 0.05) is 18.2 Å². The SMILES string of the molecule is OCCNc1nc(Nc2cccc(F)c2F)cc(-c2cccc(OC(F)(F)F)c2)n1. The van der Waals surface area contributed by atoms with E-state index in [-0.39, 0.29) is 41.9 Å². The summed E-state index contributed by atoms with van der Waals surface area (Å²) in [6.07, 6.45) is -4.86. The van der Waals surface area contributed by atoms with E-state index in [0.29, 0.717) is 0 Å². The van der Waals surface area contributed by atoms with Crippen molar-refractivity contribution in [3.05, 3.63) is 60.2 Å². The maximum Gasteiger partial charge on any atom is 0.573 e. The minimum absolute atomic E-state index is 0.0167. The average Bonchev–Trinajstić information content (AvgIpc) is 2.69. The van der Waals surface area contributed by atoms with Crippen LogP contribution in [0.5, 0.6) is 5.75 Å². The van der Waals surface area contributed by atoms with Gasteiger partial charge in [0.1, 0.15) is 11.6 Å². The molecule has 0 radical (unpaired) electrons. The van der Waals surface area contributed by atoms with E-state index in [1.54, 1.807) is 0 Å². The molecule has 0 bridgehead atoms. The lowest BCUT2D eigenvalue weighted by Crippen LogP contribution is -2.17. The van der Waals surface area contributed by atoms with E-state index < -0.39 is 23.7 Å². The molecule has 30 heavy (non-hydrogen) atoms. The Morgan fingerprint density at radius 2 is 1.77 bits per heavy atom. The molecule has 3 aromatic rings. The van der Waals surface area contributed by atoms with Crippen molar-refractivity contribution in [2.45, 2.75) is 6.36 Å². The van der Waals surface area contributed by atoms with Crippen LogP contribution in [-0.2, 0) is 0 Å². The summed E-state index contributed by atoms with van der Waals surface area (Å²) < 4.78 is 68.8. The van der Waals surface area contributed by atoms with E-state index in [9.17, 15) is 22.0 Å². The number of hydrogen-bond acceptors (Lipinski definition) is 6. The van der Waals surface area contributed by atoms with Crippen molar-refractivity contribution in [3.8, 4) is 17.0 Å². The highest BCUT2D eigenvalue weighted by molar-refractivity contribution is 5.68. The number of alkyl halides is 3. The second-order valence-corrected chi connectivity index (χ2v) is 5.91. The number of benzene rings is 2. The minimum atomic E-state index is -4.86. The van der Waals surface area contributed by atoms with E-state index >= 15 is 0 Å². The van der Waals surface area contributed by atoms with Crippen molar-refractivity contribution >= 4 is 17.5 Å². The molecule has 6 nitrogen and oxygen atoms in total. The molecule has 0 amide bonds. The van der Waals surface area contributed by atoms with Crippen LogP contribution in [0.15, 0.2) is 48.5 Å². The molecule has 0 fully saturated rings. The Kier molecular flexibility index (Phi) is 6.31. The molecule has 11 heteroatoms. The zero-order chi connectivity index (χ0) is 21.7. The van der Waals surface area contributed by atoms with E-state index in [0.717, 1.165) is 18.2 Å². The van der Waals surface area contributed by atoms with E-state index in [4.69, 9.17) is 5.11 Å². The molecule has 0 saturated carbocycles. The van der Waals surface area contributed by atoms with Gasteiger partial charge in [0.25, 0.3) is 0 Å². The van der Waals surface area contributed by atoms with Gasteiger partial charge in [-0.05, 0) is 24.3 Å². The molecule has 3 rings (SSSR count). The van der Waals surface area contributed by atoms with Crippen molar-refractivity contribution in [2.24, 2.45) is 0 Å². The van der Waals surface area contributed by atoms with Crippen LogP contribution in [-0.4, -0.2) is 34.6 Å². The van der Waals surface area contributed by atoms with Gasteiger partial charge in [0.2, 0.25) is 5.95 Å². The molecule has 0 unspecified atom stereocenters. The minimum Gasteiger partial charge on any atom is -0.406 e. The number of anilines is 3. The van der Waals surface area contributed by atoms with Gasteiger partial charge in [0.15, 0.2) is 11.6 Å². The lowest BCUT2D eigenvalue weighted by Gasteiger charge is -2.13. The highest BCUT2D eigenvalue weighted by Crippen LogP contribution is 2.29. The van der Waals surface area contributed by atoms with Gasteiger partial charge in [-0.15, -0.1) is 13.2 Å². The van der Waals surface area contributed by atoms with Gasteiger partial charge in [-0.1, -0.05) is 18.2 Å². The fraction of sp³-hybridized carbons (Fsp3) is 0.158. The van der Waals surface area contributed by atoms with Crippen LogP contribution in [0.1, 0.15) is 0 Å². The zero-order valence-electron chi connectivity index (χ0n) is 15.2. The molecule has 0 spiro atoms. The van der Waals surface area contributed by atoms with Crippen LogP contribution >= 0.6 is 0 Å². The average molecular weight is 426 g/mol. The molecule has 2 aromatic carbocycles. The first-order chi connectivity index (χ1) is 14.2. The predicted molar refractivity (Wildman–Crippen MR) is 99.4 cm³/mol. The molecule has 158 valence electrons. The van der Waals surface area contributed by atoms with E-state index in [1.807, 2.05) is 0 Å². The van der Waals surface area contributed by atoms with Gasteiger partial charge < -0.3 is 20.5 Å². The Labute approximate surface area is 167 Å². The van der Waals surface area contributed by atoms with Crippen molar-refractivity contribution in [3.63, 3.8) is 0 Å². The van der Waals surface area contributed by atoms with Crippen molar-refractivity contribution < 1.29 is 31.8 Å². The van der Waals surface area contributed by atoms with Gasteiger partial charge in [-0.2, -0.15) is 4.98 Å². The Balaban J connectivity index is 1.99. The van der Waals surface area contributed by atoms with Crippen LogP contribution in [0.4, 0.5) is 39.4 Å². The number of nitrogens with zero attached hydrogens (tertiary/aromatic N) is 2. The summed E-state index contributed by atoms with van der Waals surface area (Å²) in [7, 11) is 0. The fourth-order valence-electron chi connectivity index (χ4n) is 2.50. The second kappa shape index (κ2) is 8.91. The van der Waals surface area contributed by atoms with Crippen LogP contribution in [0.3, 0.4) is 0 Å². The van der Waals surface area contributed by atoms with Gasteiger partial charge in [-0.25, -0.2) is 13.8 Å². The number of aliphatic hydroxyl groups excluding tert-OH is 1. The quantitative estimate of drug-likeness (QED) is 0.484. The number of aromatic nitrogens is 2. The van der Waals surface area contributed by atoms with Gasteiger partial charge in [-0.3, -0.25) is 0 Å². The molecular weight excluding hydrogens is 411 g/mol. The number of rotatable bonds is 7. The standard InChI is InChI=1S/C19H15F5N4O2/c20-13-5-2-6-14(17(13)21)26-16-10-15(27-18(28-16)25-7-8-29)11-3-1-4-12(9-11)30-19(22,23)24/h1-6,9-10,29H,7-8H2,(H2,25,26,27,28). The summed E-state index contributed by atoms with van der Waals surface area (Å²) in [5, 5.41) is 14.3. The summed E-state index contributed by atoms with van der Waals surface area (Å²) in [6, 6.07) is 9.98. The van der Waals surface area contributed by atoms with Crippen LogP contribution < -0.4 is 15.4 Å². The lowest BCUT2D eigenvalue weighted by atomic mass is 10.1. The summed E-state index contributed by atoms with van der Waals surface area (Å²) in [5.41, 5.74) is 0.244. The Bertz CT molecular complexity index is 1030. The van der Waals surface area contributed by atoms with E-state index in [1.165, 1.54) is 30.3 Å². The first kappa shape index (κ1) is 21.2. The Morgan fingerprint density at radius 1 is 1.00 bits per heavy atom. The predicted octanol–water partition coefficient (Wildman–Crippen LogP) is 4.47. The Morgan fingerprint density at radius 3 is 2.50 bits per heavy atom. The summed E-state index contributed by atoms with van der Waals surface area (Å²) >= 11 is 0. The van der Waals surface area contributed by atoms with Gasteiger partial charge in [0.05, 0.1) is 18.0 Å². The van der Waals surface area contributed by atoms with Crippen LogP contribution in [0.2, 0.25) is 0 Å². The topological polar surface area (TPSA) is 79.3 Å². The molecular formula is C19H15F5N4O2. The third kappa shape index (κ3) is 5.54. The maximum atomic E-state index is 14.0. The molecule has 0 aliphatic rings. The van der Waals surface area contributed by atoms with Crippen LogP contribution in [0, 0.1) is 11.6 Å². The lowest BCUT2D eigenvalue weighted by molar-refractivity contribution is -0.274. The number of halogens is 5. The van der Waals surface area contributed by atoms with Gasteiger partial charge >= 0.3 is 6.36 Å². The third-order valence-corrected chi connectivity index (χ3v) is 3.70. The second-order valence-electron chi connectivity index (χ2n) is 5.91.